The standard InChI is InChI=1S/C13H23NO3/c1-3-17-11-6-8-14(9-7-11)12(10-4-5-10)13(15)16-2/h10-12H,3-9H2,1-2H3. The molecule has 1 saturated heterocycles. The molecule has 1 aliphatic heterocycles. The minimum atomic E-state index is -0.0534. The minimum Gasteiger partial charge on any atom is -0.468 e. The molecule has 1 unspecified atom stereocenters. The number of esters is 1. The Balaban J connectivity index is 1.86. The average Bonchev–Trinajstić information content (AvgIpc) is 3.16. The molecule has 4 nitrogen and oxygen atoms in total. The van der Waals surface area contributed by atoms with E-state index in [1.807, 2.05) is 6.92 Å². The summed E-state index contributed by atoms with van der Waals surface area (Å²) in [6.07, 6.45) is 4.80. The van der Waals surface area contributed by atoms with E-state index in [9.17, 15) is 4.79 Å². The molecule has 98 valence electrons. The van der Waals surface area contributed by atoms with Gasteiger partial charge in [0, 0.05) is 19.7 Å². The molecule has 0 aromatic rings. The summed E-state index contributed by atoms with van der Waals surface area (Å²) >= 11 is 0. The number of rotatable bonds is 5. The van der Waals surface area contributed by atoms with Crippen molar-refractivity contribution in [2.45, 2.75) is 44.8 Å². The van der Waals surface area contributed by atoms with Crippen molar-refractivity contribution in [2.24, 2.45) is 5.92 Å². The quantitative estimate of drug-likeness (QED) is 0.683. The molecule has 2 rings (SSSR count). The van der Waals surface area contributed by atoms with Crippen LogP contribution < -0.4 is 0 Å². The van der Waals surface area contributed by atoms with Crippen molar-refractivity contribution in [1.29, 1.82) is 0 Å². The normalized spacial score (nSPS) is 24.6. The topological polar surface area (TPSA) is 38.8 Å². The Bertz CT molecular complexity index is 257. The smallest absolute Gasteiger partial charge is 0.323 e. The van der Waals surface area contributed by atoms with E-state index in [0.29, 0.717) is 12.0 Å². The van der Waals surface area contributed by atoms with E-state index in [4.69, 9.17) is 9.47 Å². The lowest BCUT2D eigenvalue weighted by molar-refractivity contribution is -0.149. The van der Waals surface area contributed by atoms with Gasteiger partial charge in [0.05, 0.1) is 13.2 Å². The van der Waals surface area contributed by atoms with Crippen molar-refractivity contribution >= 4 is 5.97 Å². The van der Waals surface area contributed by atoms with Gasteiger partial charge in [0.2, 0.25) is 0 Å². The van der Waals surface area contributed by atoms with Crippen LogP contribution in [0.5, 0.6) is 0 Å². The number of carbonyl (C=O) groups excluding carboxylic acids is 1. The zero-order valence-electron chi connectivity index (χ0n) is 10.9. The van der Waals surface area contributed by atoms with Gasteiger partial charge in [0.25, 0.3) is 0 Å². The van der Waals surface area contributed by atoms with Crippen molar-refractivity contribution in [3.8, 4) is 0 Å². The molecule has 2 fully saturated rings. The van der Waals surface area contributed by atoms with Crippen LogP contribution in [0.1, 0.15) is 32.6 Å². The Kier molecular flexibility index (Phi) is 4.40. The van der Waals surface area contributed by atoms with Gasteiger partial charge in [-0.25, -0.2) is 0 Å². The first-order valence-corrected chi connectivity index (χ1v) is 6.69. The number of piperidine rings is 1. The summed E-state index contributed by atoms with van der Waals surface area (Å²) < 4.78 is 10.6. The predicted molar refractivity (Wildman–Crippen MR) is 64.7 cm³/mol. The van der Waals surface area contributed by atoms with Crippen molar-refractivity contribution in [3.05, 3.63) is 0 Å². The maximum Gasteiger partial charge on any atom is 0.323 e. The van der Waals surface area contributed by atoms with Crippen LogP contribution in [0.3, 0.4) is 0 Å². The second kappa shape index (κ2) is 5.83. The van der Waals surface area contributed by atoms with Gasteiger partial charge in [-0.2, -0.15) is 0 Å². The number of ether oxygens (including phenoxy) is 2. The molecule has 0 radical (unpaired) electrons. The summed E-state index contributed by atoms with van der Waals surface area (Å²) in [6, 6.07) is 0.00239. The van der Waals surface area contributed by atoms with Gasteiger partial charge in [-0.15, -0.1) is 0 Å². The predicted octanol–water partition coefficient (Wildman–Crippen LogP) is 1.44. The maximum atomic E-state index is 11.8. The third-order valence-electron chi connectivity index (χ3n) is 3.78. The van der Waals surface area contributed by atoms with E-state index in [2.05, 4.69) is 4.90 Å². The molecule has 0 aromatic heterocycles. The van der Waals surface area contributed by atoms with Crippen molar-refractivity contribution in [3.63, 3.8) is 0 Å². The molecule has 0 spiro atoms. The van der Waals surface area contributed by atoms with Gasteiger partial charge in [-0.05, 0) is 38.5 Å². The summed E-state index contributed by atoms with van der Waals surface area (Å²) in [5, 5.41) is 0. The Hall–Kier alpha value is -0.610. The number of methoxy groups -OCH3 is 1. The molecular formula is C13H23NO3. The van der Waals surface area contributed by atoms with Crippen LogP contribution >= 0.6 is 0 Å². The molecule has 2 aliphatic rings. The van der Waals surface area contributed by atoms with E-state index in [-0.39, 0.29) is 12.0 Å². The second-order valence-corrected chi connectivity index (χ2v) is 5.00. The summed E-state index contributed by atoms with van der Waals surface area (Å²) in [4.78, 5) is 14.1. The monoisotopic (exact) mass is 241 g/mol. The fourth-order valence-electron chi connectivity index (χ4n) is 2.73. The van der Waals surface area contributed by atoms with Crippen LogP contribution in [0, 0.1) is 5.92 Å². The highest BCUT2D eigenvalue weighted by Gasteiger charge is 2.41. The van der Waals surface area contributed by atoms with E-state index in [1.165, 1.54) is 20.0 Å². The van der Waals surface area contributed by atoms with Gasteiger partial charge in [0.15, 0.2) is 0 Å². The highest BCUT2D eigenvalue weighted by atomic mass is 16.5. The van der Waals surface area contributed by atoms with E-state index < -0.39 is 0 Å². The number of likely N-dealkylation sites (tertiary alicyclic amines) is 1. The van der Waals surface area contributed by atoms with Crippen LogP contribution in [-0.2, 0) is 14.3 Å². The molecule has 0 aromatic carbocycles. The maximum absolute atomic E-state index is 11.8. The molecule has 0 bridgehead atoms. The van der Waals surface area contributed by atoms with Gasteiger partial charge < -0.3 is 9.47 Å². The van der Waals surface area contributed by atoms with Crippen LogP contribution in [0.4, 0.5) is 0 Å². The fraction of sp³-hybridized carbons (Fsp3) is 0.923. The van der Waals surface area contributed by atoms with Crippen LogP contribution in [0.2, 0.25) is 0 Å². The Morgan fingerprint density at radius 1 is 1.29 bits per heavy atom. The third kappa shape index (κ3) is 3.19. The first kappa shape index (κ1) is 12.8. The van der Waals surface area contributed by atoms with E-state index >= 15 is 0 Å². The minimum absolute atomic E-state index is 0.00239. The van der Waals surface area contributed by atoms with Crippen LogP contribution in [-0.4, -0.2) is 49.8 Å². The van der Waals surface area contributed by atoms with Gasteiger partial charge in [0.1, 0.15) is 6.04 Å². The third-order valence-corrected chi connectivity index (χ3v) is 3.78. The summed E-state index contributed by atoms with van der Waals surface area (Å²) in [5.74, 6) is 0.480. The van der Waals surface area contributed by atoms with E-state index in [0.717, 1.165) is 32.5 Å². The first-order chi connectivity index (χ1) is 8.26. The van der Waals surface area contributed by atoms with Crippen molar-refractivity contribution in [2.75, 3.05) is 26.8 Å². The average molecular weight is 241 g/mol. The van der Waals surface area contributed by atoms with Crippen molar-refractivity contribution < 1.29 is 14.3 Å². The van der Waals surface area contributed by atoms with Crippen molar-refractivity contribution in [1.82, 2.24) is 4.90 Å². The molecule has 1 heterocycles. The highest BCUT2D eigenvalue weighted by Crippen LogP contribution is 2.37. The number of hydrogen-bond donors (Lipinski definition) is 0. The van der Waals surface area contributed by atoms with Gasteiger partial charge >= 0.3 is 5.97 Å². The number of hydrogen-bond acceptors (Lipinski definition) is 4. The fourth-order valence-corrected chi connectivity index (χ4v) is 2.73. The van der Waals surface area contributed by atoms with Crippen LogP contribution in [0.15, 0.2) is 0 Å². The SMILES string of the molecule is CCOC1CCN(C(C(=O)OC)C2CC2)CC1. The zero-order valence-corrected chi connectivity index (χ0v) is 10.9. The number of carbonyl (C=O) groups is 1. The molecule has 4 heteroatoms. The zero-order chi connectivity index (χ0) is 12.3. The Morgan fingerprint density at radius 2 is 1.94 bits per heavy atom. The second-order valence-electron chi connectivity index (χ2n) is 5.00. The summed E-state index contributed by atoms with van der Waals surface area (Å²) in [6.45, 7) is 4.74. The van der Waals surface area contributed by atoms with Crippen LogP contribution in [0.25, 0.3) is 0 Å². The van der Waals surface area contributed by atoms with Gasteiger partial charge in [-0.1, -0.05) is 0 Å². The Labute approximate surface area is 103 Å². The van der Waals surface area contributed by atoms with Gasteiger partial charge in [-0.3, -0.25) is 9.69 Å². The van der Waals surface area contributed by atoms with E-state index in [1.54, 1.807) is 0 Å². The molecule has 1 atom stereocenters. The molecule has 0 amide bonds. The Morgan fingerprint density at radius 3 is 2.41 bits per heavy atom. The highest BCUT2D eigenvalue weighted by molar-refractivity contribution is 5.76. The lowest BCUT2D eigenvalue weighted by atomic mass is 10.0. The molecule has 0 N–H and O–H groups in total. The molecule has 1 saturated carbocycles. The molecule has 17 heavy (non-hydrogen) atoms. The summed E-state index contributed by atoms with van der Waals surface area (Å²) in [5.41, 5.74) is 0. The first-order valence-electron chi connectivity index (χ1n) is 6.69. The molecular weight excluding hydrogens is 218 g/mol. The molecule has 1 aliphatic carbocycles. The summed E-state index contributed by atoms with van der Waals surface area (Å²) in [7, 11) is 1.49. The number of nitrogens with zero attached hydrogens (tertiary/aromatic N) is 1. The lowest BCUT2D eigenvalue weighted by Gasteiger charge is -2.36. The largest absolute Gasteiger partial charge is 0.468 e. The lowest BCUT2D eigenvalue weighted by Crippen LogP contribution is -2.48.